The molecule has 0 radical (unpaired) electrons. The average molecular weight is 262 g/mol. The van der Waals surface area contributed by atoms with Crippen molar-refractivity contribution in [2.45, 2.75) is 13.8 Å². The summed E-state index contributed by atoms with van der Waals surface area (Å²) in [6, 6.07) is 5.83. The van der Waals surface area contributed by atoms with Crippen LogP contribution in [0.25, 0.3) is 0 Å². The minimum absolute atomic E-state index is 0.177. The lowest BCUT2D eigenvalue weighted by Crippen LogP contribution is -2.15. The predicted molar refractivity (Wildman–Crippen MR) is 67.9 cm³/mol. The highest BCUT2D eigenvalue weighted by atomic mass is 16.5. The highest BCUT2D eigenvalue weighted by Gasteiger charge is 2.18. The van der Waals surface area contributed by atoms with Crippen LogP contribution in [0.2, 0.25) is 0 Å². The molecule has 0 bridgehead atoms. The minimum atomic E-state index is -0.739. The first-order valence-electron chi connectivity index (χ1n) is 5.65. The van der Waals surface area contributed by atoms with Crippen molar-refractivity contribution >= 4 is 17.7 Å². The fraction of sp³-hybridized carbons (Fsp3) is 0.214. The largest absolute Gasteiger partial charge is 0.462 e. The van der Waals surface area contributed by atoms with Crippen molar-refractivity contribution < 1.29 is 23.9 Å². The Bertz CT molecular complexity index is 513. The molecule has 1 aromatic carbocycles. The molecular weight excluding hydrogens is 248 g/mol. The summed E-state index contributed by atoms with van der Waals surface area (Å²) in [5.41, 5.74) is 0.0380. The second kappa shape index (κ2) is 6.49. The van der Waals surface area contributed by atoms with Crippen molar-refractivity contribution in [2.24, 2.45) is 0 Å². The van der Waals surface area contributed by atoms with E-state index in [0.29, 0.717) is 5.75 Å². The molecule has 0 amide bonds. The number of rotatable bonds is 5. The van der Waals surface area contributed by atoms with Crippen molar-refractivity contribution in [1.82, 2.24) is 0 Å². The molecule has 5 nitrogen and oxygen atoms in total. The fourth-order valence-electron chi connectivity index (χ4n) is 1.33. The first-order valence-corrected chi connectivity index (χ1v) is 5.65. The van der Waals surface area contributed by atoms with Crippen molar-refractivity contribution in [3.05, 3.63) is 42.0 Å². The third-order valence-electron chi connectivity index (χ3n) is 2.17. The average Bonchev–Trinajstić information content (AvgIpc) is 2.37. The zero-order chi connectivity index (χ0) is 14.4. The van der Waals surface area contributed by atoms with Gasteiger partial charge in [0.2, 0.25) is 0 Å². The molecule has 1 aromatic rings. The second-order valence-corrected chi connectivity index (χ2v) is 3.65. The Labute approximate surface area is 110 Å². The van der Waals surface area contributed by atoms with Gasteiger partial charge in [-0.2, -0.15) is 0 Å². The summed E-state index contributed by atoms with van der Waals surface area (Å²) in [6.07, 6.45) is 0. The molecule has 5 heteroatoms. The summed E-state index contributed by atoms with van der Waals surface area (Å²) in [4.78, 5) is 34.0. The van der Waals surface area contributed by atoms with Gasteiger partial charge in [-0.25, -0.2) is 4.79 Å². The molecule has 0 aliphatic carbocycles. The maximum atomic E-state index is 11.9. The number of hydrogen-bond donors (Lipinski definition) is 0. The molecule has 0 aromatic heterocycles. The Morgan fingerprint density at radius 2 is 1.74 bits per heavy atom. The number of benzene rings is 1. The highest BCUT2D eigenvalue weighted by molar-refractivity contribution is 6.23. The second-order valence-electron chi connectivity index (χ2n) is 3.65. The van der Waals surface area contributed by atoms with E-state index in [1.807, 2.05) is 0 Å². The van der Waals surface area contributed by atoms with Crippen LogP contribution in [0.4, 0.5) is 0 Å². The molecular formula is C14H14O5. The lowest BCUT2D eigenvalue weighted by atomic mass is 10.0. The van der Waals surface area contributed by atoms with Crippen LogP contribution in [0.1, 0.15) is 24.2 Å². The molecule has 0 aliphatic rings. The number of carbonyl (C=O) groups is 3. The van der Waals surface area contributed by atoms with E-state index in [1.165, 1.54) is 31.2 Å². The Hall–Kier alpha value is -2.43. The number of carbonyl (C=O) groups excluding carboxylic acids is 3. The Morgan fingerprint density at radius 3 is 2.21 bits per heavy atom. The van der Waals surface area contributed by atoms with Gasteiger partial charge in [0.1, 0.15) is 11.3 Å². The van der Waals surface area contributed by atoms with Gasteiger partial charge in [0, 0.05) is 12.5 Å². The maximum Gasteiger partial charge on any atom is 0.341 e. The first-order chi connectivity index (χ1) is 8.95. The van der Waals surface area contributed by atoms with Gasteiger partial charge in [-0.15, -0.1) is 0 Å². The lowest BCUT2D eigenvalue weighted by molar-refractivity contribution is -0.138. The summed E-state index contributed by atoms with van der Waals surface area (Å²) in [7, 11) is 0. The molecule has 0 spiro atoms. The van der Waals surface area contributed by atoms with Crippen LogP contribution in [0, 0.1) is 0 Å². The van der Waals surface area contributed by atoms with E-state index in [0.717, 1.165) is 0 Å². The molecule has 0 aliphatic heterocycles. The molecule has 0 unspecified atom stereocenters. The Morgan fingerprint density at radius 1 is 1.16 bits per heavy atom. The Balaban J connectivity index is 2.80. The van der Waals surface area contributed by atoms with Gasteiger partial charge in [0.05, 0.1) is 6.61 Å². The van der Waals surface area contributed by atoms with E-state index in [-0.39, 0.29) is 17.7 Å². The van der Waals surface area contributed by atoms with E-state index < -0.39 is 17.7 Å². The van der Waals surface area contributed by atoms with E-state index in [1.54, 1.807) is 6.92 Å². The van der Waals surface area contributed by atoms with Gasteiger partial charge in [-0.1, -0.05) is 6.58 Å². The molecule has 0 heterocycles. The van der Waals surface area contributed by atoms with E-state index in [9.17, 15) is 14.4 Å². The van der Waals surface area contributed by atoms with Gasteiger partial charge in [-0.3, -0.25) is 9.59 Å². The molecule has 0 saturated heterocycles. The van der Waals surface area contributed by atoms with Crippen LogP contribution in [-0.2, 0) is 14.3 Å². The van der Waals surface area contributed by atoms with E-state index >= 15 is 0 Å². The fourth-order valence-corrected chi connectivity index (χ4v) is 1.33. The summed E-state index contributed by atoms with van der Waals surface area (Å²) in [5.74, 6) is -1.38. The van der Waals surface area contributed by atoms with Crippen LogP contribution in [0.3, 0.4) is 0 Å². The number of ether oxygens (including phenoxy) is 2. The Kier molecular flexibility index (Phi) is 5.00. The number of hydrogen-bond acceptors (Lipinski definition) is 5. The quantitative estimate of drug-likeness (QED) is 0.202. The maximum absolute atomic E-state index is 11.9. The zero-order valence-electron chi connectivity index (χ0n) is 10.8. The van der Waals surface area contributed by atoms with Gasteiger partial charge in [-0.05, 0) is 31.2 Å². The van der Waals surface area contributed by atoms with Gasteiger partial charge < -0.3 is 9.47 Å². The molecule has 100 valence electrons. The van der Waals surface area contributed by atoms with Gasteiger partial charge in [0.15, 0.2) is 5.78 Å². The summed E-state index contributed by atoms with van der Waals surface area (Å²) < 4.78 is 9.53. The van der Waals surface area contributed by atoms with Crippen molar-refractivity contribution in [1.29, 1.82) is 0 Å². The minimum Gasteiger partial charge on any atom is -0.462 e. The standard InChI is InChI=1S/C14H14O5/c1-4-18-14(17)9(2)13(16)11-5-7-12(8-6-11)19-10(3)15/h5-8H,2,4H2,1,3H3. The van der Waals surface area contributed by atoms with Crippen LogP contribution in [0.5, 0.6) is 5.75 Å². The zero-order valence-corrected chi connectivity index (χ0v) is 10.8. The van der Waals surface area contributed by atoms with Crippen molar-refractivity contribution in [3.8, 4) is 5.75 Å². The molecule has 0 N–H and O–H groups in total. The highest BCUT2D eigenvalue weighted by Crippen LogP contribution is 2.15. The molecule has 0 atom stereocenters. The van der Waals surface area contributed by atoms with E-state index in [2.05, 4.69) is 6.58 Å². The summed E-state index contributed by atoms with van der Waals surface area (Å²) >= 11 is 0. The van der Waals surface area contributed by atoms with Gasteiger partial charge >= 0.3 is 11.9 Å². The number of ketones is 1. The third kappa shape index (κ3) is 4.06. The lowest BCUT2D eigenvalue weighted by Gasteiger charge is -2.05. The van der Waals surface area contributed by atoms with Crippen LogP contribution in [0.15, 0.2) is 36.4 Å². The third-order valence-corrected chi connectivity index (χ3v) is 2.17. The summed E-state index contributed by atoms with van der Waals surface area (Å²) in [6.45, 7) is 6.51. The number of esters is 2. The smallest absolute Gasteiger partial charge is 0.341 e. The molecule has 0 fully saturated rings. The van der Waals surface area contributed by atoms with Crippen molar-refractivity contribution in [3.63, 3.8) is 0 Å². The topological polar surface area (TPSA) is 69.7 Å². The van der Waals surface area contributed by atoms with E-state index in [4.69, 9.17) is 9.47 Å². The van der Waals surface area contributed by atoms with Crippen LogP contribution >= 0.6 is 0 Å². The van der Waals surface area contributed by atoms with Crippen molar-refractivity contribution in [2.75, 3.05) is 6.61 Å². The number of Topliss-reactive ketones (excluding diaryl/α,β-unsaturated/α-hetero) is 1. The first kappa shape index (κ1) is 14.6. The normalized spacial score (nSPS) is 9.58. The van der Waals surface area contributed by atoms with Gasteiger partial charge in [0.25, 0.3) is 0 Å². The SMILES string of the molecule is C=C(C(=O)OCC)C(=O)c1ccc(OC(C)=O)cc1. The molecule has 1 rings (SSSR count). The predicted octanol–water partition coefficient (Wildman–Crippen LogP) is 1.91. The molecule has 19 heavy (non-hydrogen) atoms. The monoisotopic (exact) mass is 262 g/mol. The van der Waals surface area contributed by atoms with Crippen LogP contribution < -0.4 is 4.74 Å². The molecule has 0 saturated carbocycles. The summed E-state index contributed by atoms with van der Waals surface area (Å²) in [5, 5.41) is 0. The van der Waals surface area contributed by atoms with Crippen LogP contribution in [-0.4, -0.2) is 24.3 Å².